The molecule has 2 aromatic rings. The van der Waals surface area contributed by atoms with Gasteiger partial charge in [0, 0.05) is 12.1 Å². The average Bonchev–Trinajstić information content (AvgIpc) is 3.61. The molecule has 3 saturated carbocycles. The Labute approximate surface area is 251 Å². The fraction of sp³-hybridized carbons (Fsp3) is 0.588. The van der Waals surface area contributed by atoms with Crippen LogP contribution in [0.3, 0.4) is 0 Å². The molecule has 0 radical (unpaired) electrons. The van der Waals surface area contributed by atoms with Gasteiger partial charge in [0.2, 0.25) is 5.91 Å². The molecule has 7 nitrogen and oxygen atoms in total. The summed E-state index contributed by atoms with van der Waals surface area (Å²) in [5.74, 6) is 0.641. The zero-order valence-corrected chi connectivity index (χ0v) is 25.4. The number of nitrogens with zero attached hydrogens (tertiary/aromatic N) is 1. The first-order valence-electron chi connectivity index (χ1n) is 16.0. The maximum atomic E-state index is 13.8. The Morgan fingerprint density at radius 3 is 2.62 bits per heavy atom. The predicted molar refractivity (Wildman–Crippen MR) is 165 cm³/mol. The quantitative estimate of drug-likeness (QED) is 0.317. The molecular formula is C34H46BN3O4. The lowest BCUT2D eigenvalue weighted by Crippen LogP contribution is -2.65. The Bertz CT molecular complexity index is 1290. The zero-order chi connectivity index (χ0) is 29.5. The highest BCUT2D eigenvalue weighted by Gasteiger charge is 2.68. The van der Waals surface area contributed by atoms with Gasteiger partial charge in [0.1, 0.15) is 6.04 Å². The van der Waals surface area contributed by atoms with E-state index in [2.05, 4.69) is 44.3 Å². The molecule has 7 rings (SSSR count). The van der Waals surface area contributed by atoms with Crippen LogP contribution in [0, 0.1) is 17.3 Å². The summed E-state index contributed by atoms with van der Waals surface area (Å²) in [7, 11) is -0.489. The molecule has 2 aliphatic heterocycles. The number of unbranched alkanes of at least 4 members (excludes halogenated alkanes) is 1. The van der Waals surface area contributed by atoms with E-state index in [1.54, 1.807) is 4.90 Å². The Hall–Kier alpha value is -2.68. The fourth-order valence-corrected chi connectivity index (χ4v) is 8.23. The van der Waals surface area contributed by atoms with Crippen molar-refractivity contribution in [1.82, 2.24) is 10.2 Å². The summed E-state index contributed by atoms with van der Waals surface area (Å²) in [5, 5.41) is 3.29. The van der Waals surface area contributed by atoms with E-state index in [0.717, 1.165) is 44.1 Å². The average molecular weight is 572 g/mol. The molecule has 0 aromatic heterocycles. The number of hydrogen-bond donors (Lipinski definition) is 2. The van der Waals surface area contributed by atoms with Gasteiger partial charge in [-0.1, -0.05) is 62.7 Å². The minimum Gasteiger partial charge on any atom is -0.404 e. The number of carbonyl (C=O) groups is 2. The molecule has 2 heterocycles. The maximum Gasteiger partial charge on any atom is 0.481 e. The summed E-state index contributed by atoms with van der Waals surface area (Å²) >= 11 is 0. The Morgan fingerprint density at radius 1 is 1.07 bits per heavy atom. The van der Waals surface area contributed by atoms with E-state index in [4.69, 9.17) is 15.0 Å². The van der Waals surface area contributed by atoms with Gasteiger partial charge in [-0.3, -0.25) is 9.59 Å². The highest BCUT2D eigenvalue weighted by Crippen LogP contribution is 2.65. The number of nitrogens with two attached hydrogens (primary N) is 1. The van der Waals surface area contributed by atoms with Crippen molar-refractivity contribution >= 4 is 18.9 Å². The standard InChI is InChI=1S/C34H46BN3O4/c1-33(2)26-21-28(33)34(3)29(22-26)41-35(42-34)30(16-7-8-17-36)37-31(39)27-15-10-18-38(27)32(40)25-14-9-13-24(20-25)19-23-11-5-4-6-12-23/h4-6,9,11-14,20,26-30H,7-8,10,15-19,21-22,36H2,1-3H3,(H,37,39)/t26-,27-,28-,29+,30-,34-/m0/s1. The number of rotatable bonds is 10. The summed E-state index contributed by atoms with van der Waals surface area (Å²) in [6.07, 6.45) is 6.96. The lowest BCUT2D eigenvalue weighted by Gasteiger charge is -2.64. The third-order valence-electron chi connectivity index (χ3n) is 10.8. The van der Waals surface area contributed by atoms with Crippen molar-refractivity contribution in [3.8, 4) is 0 Å². The molecule has 42 heavy (non-hydrogen) atoms. The number of hydrogen-bond acceptors (Lipinski definition) is 5. The Morgan fingerprint density at radius 2 is 1.86 bits per heavy atom. The first-order valence-corrected chi connectivity index (χ1v) is 16.0. The van der Waals surface area contributed by atoms with E-state index >= 15 is 0 Å². The minimum absolute atomic E-state index is 0.0564. The van der Waals surface area contributed by atoms with Gasteiger partial charge in [0.05, 0.1) is 17.6 Å². The summed E-state index contributed by atoms with van der Waals surface area (Å²) in [4.78, 5) is 29.3. The van der Waals surface area contributed by atoms with Gasteiger partial charge >= 0.3 is 7.12 Å². The van der Waals surface area contributed by atoms with E-state index < -0.39 is 13.2 Å². The van der Waals surface area contributed by atoms with Crippen LogP contribution in [0.2, 0.25) is 0 Å². The van der Waals surface area contributed by atoms with Crippen molar-refractivity contribution in [1.29, 1.82) is 0 Å². The molecule has 224 valence electrons. The molecule has 2 bridgehead atoms. The van der Waals surface area contributed by atoms with Crippen LogP contribution in [0.1, 0.15) is 87.2 Å². The first-order chi connectivity index (χ1) is 20.2. The van der Waals surface area contributed by atoms with Gasteiger partial charge in [-0.15, -0.1) is 0 Å². The minimum atomic E-state index is -0.502. The monoisotopic (exact) mass is 571 g/mol. The number of amides is 2. The highest BCUT2D eigenvalue weighted by atomic mass is 16.7. The van der Waals surface area contributed by atoms with Crippen molar-refractivity contribution < 1.29 is 18.9 Å². The third kappa shape index (κ3) is 5.42. The van der Waals surface area contributed by atoms with Gasteiger partial charge in [-0.25, -0.2) is 0 Å². The van der Waals surface area contributed by atoms with Crippen LogP contribution in [0.25, 0.3) is 0 Å². The first kappa shape index (κ1) is 29.4. The molecule has 0 unspecified atom stereocenters. The van der Waals surface area contributed by atoms with Crippen molar-refractivity contribution in [2.24, 2.45) is 23.0 Å². The molecule has 5 aliphatic rings. The number of carbonyl (C=O) groups excluding carboxylic acids is 2. The van der Waals surface area contributed by atoms with Crippen LogP contribution in [0.5, 0.6) is 0 Å². The zero-order valence-electron chi connectivity index (χ0n) is 25.4. The highest BCUT2D eigenvalue weighted by molar-refractivity contribution is 6.47. The molecule has 3 N–H and O–H groups in total. The van der Waals surface area contributed by atoms with Crippen molar-refractivity contribution in [2.45, 2.75) is 95.8 Å². The summed E-state index contributed by atoms with van der Waals surface area (Å²) in [6.45, 7) is 8.11. The van der Waals surface area contributed by atoms with Crippen LogP contribution in [-0.4, -0.2) is 60.6 Å². The van der Waals surface area contributed by atoms with E-state index in [9.17, 15) is 9.59 Å². The van der Waals surface area contributed by atoms with Crippen LogP contribution in [-0.2, 0) is 20.5 Å². The molecule has 0 spiro atoms. The molecular weight excluding hydrogens is 525 g/mol. The van der Waals surface area contributed by atoms with Gasteiger partial charge in [0.25, 0.3) is 5.91 Å². The third-order valence-corrected chi connectivity index (χ3v) is 10.8. The topological polar surface area (TPSA) is 93.9 Å². The van der Waals surface area contributed by atoms with E-state index in [1.165, 1.54) is 12.0 Å². The molecule has 2 amide bonds. The molecule has 8 heteroatoms. The van der Waals surface area contributed by atoms with Crippen LogP contribution in [0.4, 0.5) is 0 Å². The Balaban J connectivity index is 1.14. The lowest BCUT2D eigenvalue weighted by atomic mass is 9.43. The maximum absolute atomic E-state index is 13.8. The summed E-state index contributed by atoms with van der Waals surface area (Å²) in [6, 6.07) is 17.6. The lowest BCUT2D eigenvalue weighted by molar-refractivity contribution is -0.199. The van der Waals surface area contributed by atoms with Crippen molar-refractivity contribution in [3.05, 3.63) is 71.3 Å². The van der Waals surface area contributed by atoms with E-state index in [0.29, 0.717) is 36.9 Å². The van der Waals surface area contributed by atoms with Crippen LogP contribution < -0.4 is 11.1 Å². The van der Waals surface area contributed by atoms with Crippen molar-refractivity contribution in [2.75, 3.05) is 13.1 Å². The second-order valence-corrected chi connectivity index (χ2v) is 13.8. The van der Waals surface area contributed by atoms with Gasteiger partial charge in [0.15, 0.2) is 0 Å². The molecule has 2 aromatic carbocycles. The van der Waals surface area contributed by atoms with Gasteiger partial charge in [-0.2, -0.15) is 0 Å². The number of likely N-dealkylation sites (tertiary alicyclic amines) is 1. The molecule has 6 atom stereocenters. The summed E-state index contributed by atoms with van der Waals surface area (Å²) < 4.78 is 13.3. The van der Waals surface area contributed by atoms with E-state index in [-0.39, 0.29) is 34.9 Å². The normalized spacial score (nSPS) is 30.0. The smallest absolute Gasteiger partial charge is 0.404 e. The predicted octanol–water partition coefficient (Wildman–Crippen LogP) is 4.76. The van der Waals surface area contributed by atoms with E-state index in [1.807, 2.05) is 36.4 Å². The van der Waals surface area contributed by atoms with Gasteiger partial charge in [-0.05, 0) is 98.9 Å². The second-order valence-electron chi connectivity index (χ2n) is 13.8. The van der Waals surface area contributed by atoms with Crippen LogP contribution >= 0.6 is 0 Å². The molecule has 5 fully saturated rings. The molecule has 2 saturated heterocycles. The number of nitrogens with one attached hydrogen (secondary N) is 1. The fourth-order valence-electron chi connectivity index (χ4n) is 8.23. The van der Waals surface area contributed by atoms with Gasteiger partial charge < -0.3 is 25.3 Å². The second kappa shape index (κ2) is 11.8. The largest absolute Gasteiger partial charge is 0.481 e. The SMILES string of the molecule is CC1(C)[C@@H]2C[C@H]3OB([C@H](CCCCN)NC(=O)[C@@H]4CCCN4C(=O)c4cccc(Cc5ccccc5)c4)O[C@@]3(C)[C@H]1C2. The van der Waals surface area contributed by atoms with Crippen LogP contribution in [0.15, 0.2) is 54.6 Å². The number of benzene rings is 2. The Kier molecular flexibility index (Phi) is 8.25. The van der Waals surface area contributed by atoms with Crippen molar-refractivity contribution in [3.63, 3.8) is 0 Å². The summed E-state index contributed by atoms with van der Waals surface area (Å²) in [5.41, 5.74) is 8.64. The molecule has 3 aliphatic carbocycles.